The fraction of sp³-hybridized carbons (Fsp3) is 0.700. The first-order chi connectivity index (χ1) is 18.5. The predicted molar refractivity (Wildman–Crippen MR) is 144 cm³/mol. The van der Waals surface area contributed by atoms with Gasteiger partial charge in [-0.1, -0.05) is 39.0 Å². The van der Waals surface area contributed by atoms with Crippen molar-refractivity contribution in [3.8, 4) is 5.75 Å². The van der Waals surface area contributed by atoms with E-state index in [0.717, 1.165) is 61.9 Å². The smallest absolute Gasteiger partial charge is 0.255 e. The average Bonchev–Trinajstić information content (AvgIpc) is 3.19. The number of fused-ring (bicyclic) bond motifs is 1. The van der Waals surface area contributed by atoms with Crippen LogP contribution in [0.5, 0.6) is 5.75 Å². The Labute approximate surface area is 226 Å². The Balaban J connectivity index is 1.20. The minimum Gasteiger partial charge on any atom is -0.489 e. The van der Waals surface area contributed by atoms with E-state index in [4.69, 9.17) is 9.84 Å². The number of hydrogen-bond acceptors (Lipinski definition) is 6. The minimum atomic E-state index is -0.598. The fourth-order valence-corrected chi connectivity index (χ4v) is 7.05. The highest BCUT2D eigenvalue weighted by atomic mass is 16.5. The van der Waals surface area contributed by atoms with E-state index in [-0.39, 0.29) is 30.2 Å². The Morgan fingerprint density at radius 3 is 2.66 bits per heavy atom. The van der Waals surface area contributed by atoms with Gasteiger partial charge in [0.25, 0.3) is 5.91 Å². The summed E-state index contributed by atoms with van der Waals surface area (Å²) in [5, 5.41) is 11.5. The van der Waals surface area contributed by atoms with Crippen molar-refractivity contribution in [3.05, 3.63) is 29.3 Å². The van der Waals surface area contributed by atoms with Crippen molar-refractivity contribution in [1.82, 2.24) is 15.1 Å². The van der Waals surface area contributed by atoms with Crippen LogP contribution >= 0.6 is 0 Å². The normalized spacial score (nSPS) is 27.2. The van der Waals surface area contributed by atoms with Gasteiger partial charge in [0.1, 0.15) is 17.9 Å². The number of hydrogen-bond donors (Lipinski definition) is 2. The molecule has 1 aliphatic carbocycles. The van der Waals surface area contributed by atoms with E-state index in [1.807, 2.05) is 18.2 Å². The lowest BCUT2D eigenvalue weighted by Crippen LogP contribution is -2.59. The van der Waals surface area contributed by atoms with Crippen molar-refractivity contribution in [2.45, 2.75) is 102 Å². The Morgan fingerprint density at radius 1 is 1.08 bits per heavy atom. The zero-order valence-corrected chi connectivity index (χ0v) is 22.7. The van der Waals surface area contributed by atoms with Crippen molar-refractivity contribution in [2.24, 2.45) is 11.8 Å². The van der Waals surface area contributed by atoms with Crippen molar-refractivity contribution in [2.75, 3.05) is 19.7 Å². The summed E-state index contributed by atoms with van der Waals surface area (Å²) >= 11 is 0. The highest BCUT2D eigenvalue weighted by Crippen LogP contribution is 2.37. The number of amides is 3. The number of benzene rings is 1. The first-order valence-corrected chi connectivity index (χ1v) is 14.8. The number of aliphatic hydroxyl groups is 1. The van der Waals surface area contributed by atoms with E-state index in [1.54, 1.807) is 4.90 Å². The third-order valence-corrected chi connectivity index (χ3v) is 9.17. The molecule has 3 amide bonds. The second-order valence-corrected chi connectivity index (χ2v) is 11.7. The lowest BCUT2D eigenvalue weighted by atomic mass is 9.77. The van der Waals surface area contributed by atoms with Gasteiger partial charge in [0.2, 0.25) is 11.8 Å². The number of likely N-dealkylation sites (tertiary alicyclic amines) is 1. The number of aliphatic hydroxyl groups excluding tert-OH is 1. The predicted octanol–water partition coefficient (Wildman–Crippen LogP) is 3.65. The van der Waals surface area contributed by atoms with Crippen molar-refractivity contribution in [3.63, 3.8) is 0 Å². The number of carbonyl (C=O) groups is 3. The molecule has 1 aromatic carbocycles. The third-order valence-electron chi connectivity index (χ3n) is 9.17. The van der Waals surface area contributed by atoms with Crippen LogP contribution in [-0.4, -0.2) is 70.5 Å². The standard InChI is InChI=1S/C30H43N3O5/c1-2-7-20(8-5-6-15-34)22-17-32(18-22)25-9-3-4-10-27(25)38-23-11-12-24-21(16-23)19-33(30(24)37)26-13-14-28(35)31-29(26)36/h11-12,16,20,22,25-27,34H,2-10,13-15,17-19H2,1H3,(H,31,35,36). The maximum atomic E-state index is 13.0. The summed E-state index contributed by atoms with van der Waals surface area (Å²) < 4.78 is 6.60. The Hall–Kier alpha value is -2.45. The molecule has 2 N–H and O–H groups in total. The molecule has 3 heterocycles. The molecule has 4 aliphatic rings. The Kier molecular flexibility index (Phi) is 8.68. The zero-order chi connectivity index (χ0) is 26.6. The molecule has 38 heavy (non-hydrogen) atoms. The molecule has 3 fully saturated rings. The number of piperidine rings is 1. The van der Waals surface area contributed by atoms with Gasteiger partial charge in [0, 0.05) is 44.3 Å². The van der Waals surface area contributed by atoms with E-state index in [1.165, 1.54) is 32.1 Å². The third kappa shape index (κ3) is 5.76. The van der Waals surface area contributed by atoms with Crippen molar-refractivity contribution < 1.29 is 24.2 Å². The second kappa shape index (κ2) is 12.2. The van der Waals surface area contributed by atoms with E-state index < -0.39 is 6.04 Å². The van der Waals surface area contributed by atoms with Crippen LogP contribution in [0.4, 0.5) is 0 Å². The summed E-state index contributed by atoms with van der Waals surface area (Å²) in [4.78, 5) is 41.1. The average molecular weight is 526 g/mol. The van der Waals surface area contributed by atoms with Gasteiger partial charge in [-0.3, -0.25) is 24.6 Å². The Morgan fingerprint density at radius 2 is 1.89 bits per heavy atom. The summed E-state index contributed by atoms with van der Waals surface area (Å²) in [5.41, 5.74) is 1.51. The monoisotopic (exact) mass is 525 g/mol. The van der Waals surface area contributed by atoms with E-state index in [0.29, 0.717) is 31.2 Å². The van der Waals surface area contributed by atoms with Gasteiger partial charge in [0.15, 0.2) is 0 Å². The Bertz CT molecular complexity index is 1020. The van der Waals surface area contributed by atoms with Gasteiger partial charge in [0.05, 0.1) is 0 Å². The molecule has 0 radical (unpaired) electrons. The minimum absolute atomic E-state index is 0.144. The second-order valence-electron chi connectivity index (χ2n) is 11.7. The van der Waals surface area contributed by atoms with Crippen LogP contribution in [-0.2, 0) is 16.1 Å². The molecule has 4 unspecified atom stereocenters. The lowest BCUT2D eigenvalue weighted by Gasteiger charge is -2.50. The van der Waals surface area contributed by atoms with Crippen LogP contribution < -0.4 is 10.1 Å². The topological polar surface area (TPSA) is 99.2 Å². The summed E-state index contributed by atoms with van der Waals surface area (Å²) in [5.74, 6) is 1.50. The van der Waals surface area contributed by atoms with Crippen LogP contribution in [0.15, 0.2) is 18.2 Å². The van der Waals surface area contributed by atoms with Gasteiger partial charge in [-0.15, -0.1) is 0 Å². The lowest BCUT2D eigenvalue weighted by molar-refractivity contribution is -0.136. The number of imide groups is 1. The van der Waals surface area contributed by atoms with Gasteiger partial charge >= 0.3 is 0 Å². The maximum Gasteiger partial charge on any atom is 0.255 e. The summed E-state index contributed by atoms with van der Waals surface area (Å²) in [6.45, 7) is 5.23. The maximum absolute atomic E-state index is 13.0. The molecule has 8 nitrogen and oxygen atoms in total. The molecular weight excluding hydrogens is 482 g/mol. The van der Waals surface area contributed by atoms with Crippen molar-refractivity contribution >= 4 is 17.7 Å². The number of unbranched alkanes of at least 4 members (excludes halogenated alkanes) is 1. The molecule has 208 valence electrons. The molecule has 0 spiro atoms. The summed E-state index contributed by atoms with van der Waals surface area (Å²) in [6, 6.07) is 5.53. The van der Waals surface area contributed by atoms with Gasteiger partial charge < -0.3 is 14.7 Å². The first-order valence-electron chi connectivity index (χ1n) is 14.8. The van der Waals surface area contributed by atoms with Gasteiger partial charge in [-0.2, -0.15) is 0 Å². The molecule has 0 bridgehead atoms. The van der Waals surface area contributed by atoms with E-state index >= 15 is 0 Å². The molecule has 0 aromatic heterocycles. The first kappa shape index (κ1) is 27.1. The summed E-state index contributed by atoms with van der Waals surface area (Å²) in [7, 11) is 0. The van der Waals surface area contributed by atoms with Gasteiger partial charge in [-0.05, 0) is 67.7 Å². The summed E-state index contributed by atoms with van der Waals surface area (Å²) in [6.07, 6.45) is 11.1. The SMILES string of the molecule is CCCC(CCCCO)C1CN(C2CCCCC2Oc2ccc3c(c2)CN(C2CCC(=O)NC2=O)C3=O)C1. The van der Waals surface area contributed by atoms with Crippen LogP contribution in [0.3, 0.4) is 0 Å². The van der Waals surface area contributed by atoms with Crippen molar-refractivity contribution in [1.29, 1.82) is 0 Å². The van der Waals surface area contributed by atoms with Crippen LogP contribution in [0.1, 0.15) is 93.5 Å². The van der Waals surface area contributed by atoms with Gasteiger partial charge in [-0.25, -0.2) is 0 Å². The number of rotatable bonds is 11. The molecule has 1 saturated carbocycles. The molecule has 2 saturated heterocycles. The fourth-order valence-electron chi connectivity index (χ4n) is 7.05. The molecule has 3 aliphatic heterocycles. The highest BCUT2D eigenvalue weighted by Gasteiger charge is 2.42. The van der Waals surface area contributed by atoms with Crippen LogP contribution in [0.25, 0.3) is 0 Å². The zero-order valence-electron chi connectivity index (χ0n) is 22.7. The molecular formula is C30H43N3O5. The highest BCUT2D eigenvalue weighted by molar-refractivity contribution is 6.05. The molecule has 4 atom stereocenters. The number of nitrogens with zero attached hydrogens (tertiary/aromatic N) is 2. The molecule has 1 aromatic rings. The molecule has 5 rings (SSSR count). The van der Waals surface area contributed by atoms with E-state index in [9.17, 15) is 14.4 Å². The number of nitrogens with one attached hydrogen (secondary N) is 1. The molecule has 8 heteroatoms. The van der Waals surface area contributed by atoms with E-state index in [2.05, 4.69) is 17.1 Å². The van der Waals surface area contributed by atoms with Crippen LogP contribution in [0.2, 0.25) is 0 Å². The quantitative estimate of drug-likeness (QED) is 0.338. The largest absolute Gasteiger partial charge is 0.489 e. The van der Waals surface area contributed by atoms with Crippen LogP contribution in [0, 0.1) is 11.8 Å². The number of carbonyl (C=O) groups excluding carboxylic acids is 3. The number of ether oxygens (including phenoxy) is 1.